The topological polar surface area (TPSA) is 73.2 Å². The van der Waals surface area contributed by atoms with E-state index in [1.54, 1.807) is 17.7 Å². The lowest BCUT2D eigenvalue weighted by Crippen LogP contribution is -2.27. The highest BCUT2D eigenvalue weighted by Gasteiger charge is 2.19. The third-order valence-electron chi connectivity index (χ3n) is 4.53. The van der Waals surface area contributed by atoms with Crippen LogP contribution >= 0.6 is 11.8 Å². The zero-order chi connectivity index (χ0) is 20.8. The van der Waals surface area contributed by atoms with Gasteiger partial charge in [0.25, 0.3) is 5.56 Å². The lowest BCUT2D eigenvalue weighted by atomic mass is 10.2. The number of aryl methyl sites for hydroxylation is 1. The lowest BCUT2D eigenvalue weighted by molar-refractivity contribution is -0.115. The number of amides is 1. The molecule has 3 rings (SSSR count). The van der Waals surface area contributed by atoms with Crippen molar-refractivity contribution in [1.82, 2.24) is 9.55 Å². The largest absolute Gasteiger partial charge is 0.385 e. The Kier molecular flexibility index (Phi) is 7.06. The Morgan fingerprint density at radius 3 is 2.66 bits per heavy atom. The quantitative estimate of drug-likeness (QED) is 0.346. The first-order chi connectivity index (χ1) is 14.0. The number of hydrogen-bond donors (Lipinski definition) is 1. The van der Waals surface area contributed by atoms with Gasteiger partial charge in [-0.1, -0.05) is 41.6 Å². The molecule has 0 aliphatic carbocycles. The first-order valence-electron chi connectivity index (χ1n) is 9.52. The van der Waals surface area contributed by atoms with Gasteiger partial charge in [-0.05, 0) is 44.5 Å². The number of methoxy groups -OCH3 is 1. The van der Waals surface area contributed by atoms with Gasteiger partial charge in [-0.3, -0.25) is 14.2 Å². The Labute approximate surface area is 174 Å². The van der Waals surface area contributed by atoms with Gasteiger partial charge in [-0.25, -0.2) is 4.98 Å². The highest BCUT2D eigenvalue weighted by Crippen LogP contribution is 2.24. The van der Waals surface area contributed by atoms with E-state index in [2.05, 4.69) is 10.3 Å². The molecule has 0 radical (unpaired) electrons. The number of ether oxygens (including phenoxy) is 1. The maximum absolute atomic E-state index is 13.0. The summed E-state index contributed by atoms with van der Waals surface area (Å²) in [5.41, 5.74) is 2.41. The van der Waals surface area contributed by atoms with Crippen LogP contribution in [0.4, 0.5) is 5.69 Å². The summed E-state index contributed by atoms with van der Waals surface area (Å²) in [5, 5.41) is 3.61. The van der Waals surface area contributed by atoms with E-state index in [0.29, 0.717) is 35.6 Å². The molecule has 0 saturated heterocycles. The predicted octanol–water partition coefficient (Wildman–Crippen LogP) is 3.86. The van der Waals surface area contributed by atoms with Crippen molar-refractivity contribution in [3.8, 4) is 0 Å². The molecule has 1 heterocycles. The van der Waals surface area contributed by atoms with E-state index in [0.717, 1.165) is 11.3 Å². The molecule has 0 aliphatic heterocycles. The van der Waals surface area contributed by atoms with E-state index in [1.807, 2.05) is 56.3 Å². The molecule has 29 heavy (non-hydrogen) atoms. The van der Waals surface area contributed by atoms with E-state index in [-0.39, 0.29) is 11.5 Å². The molecule has 0 fully saturated rings. The number of nitrogens with one attached hydrogen (secondary N) is 1. The van der Waals surface area contributed by atoms with Gasteiger partial charge in [0, 0.05) is 25.9 Å². The number of aromatic nitrogens is 2. The number of fused-ring (bicyclic) bond motifs is 1. The zero-order valence-electron chi connectivity index (χ0n) is 16.8. The second-order valence-corrected chi connectivity index (χ2v) is 8.14. The van der Waals surface area contributed by atoms with Crippen molar-refractivity contribution in [3.63, 3.8) is 0 Å². The lowest BCUT2D eigenvalue weighted by Gasteiger charge is -2.16. The van der Waals surface area contributed by atoms with E-state index in [1.165, 1.54) is 11.8 Å². The normalized spacial score (nSPS) is 12.1. The number of carbonyl (C=O) groups excluding carboxylic acids is 1. The number of anilines is 1. The van der Waals surface area contributed by atoms with E-state index in [4.69, 9.17) is 4.74 Å². The third kappa shape index (κ3) is 5.25. The molecule has 0 saturated carbocycles. The standard InChI is InChI=1S/C22H25N3O3S/c1-15-9-11-17(12-10-15)23-20(26)16(2)29-22-24-19-8-5-4-7-18(19)21(27)25(22)13-6-14-28-3/h4-5,7-12,16H,6,13-14H2,1-3H3,(H,23,26)/t16-/m0/s1. The number of rotatable bonds is 8. The predicted molar refractivity (Wildman–Crippen MR) is 118 cm³/mol. The Morgan fingerprint density at radius 1 is 1.21 bits per heavy atom. The molecule has 1 aromatic heterocycles. The molecule has 2 aromatic carbocycles. The highest BCUT2D eigenvalue weighted by molar-refractivity contribution is 8.00. The van der Waals surface area contributed by atoms with E-state index in [9.17, 15) is 9.59 Å². The summed E-state index contributed by atoms with van der Waals surface area (Å²) in [6.07, 6.45) is 0.688. The SMILES string of the molecule is COCCCn1c(S[C@@H](C)C(=O)Nc2ccc(C)cc2)nc2ccccc2c1=O. The number of carbonyl (C=O) groups is 1. The molecule has 1 N–H and O–H groups in total. The Morgan fingerprint density at radius 2 is 1.93 bits per heavy atom. The summed E-state index contributed by atoms with van der Waals surface area (Å²) in [6, 6.07) is 14.9. The van der Waals surface area contributed by atoms with Crippen molar-refractivity contribution in [3.05, 3.63) is 64.4 Å². The molecule has 3 aromatic rings. The average molecular weight is 412 g/mol. The maximum Gasteiger partial charge on any atom is 0.262 e. The molecule has 6 nitrogen and oxygen atoms in total. The first kappa shape index (κ1) is 21.1. The summed E-state index contributed by atoms with van der Waals surface area (Å²) in [5.74, 6) is -0.135. The van der Waals surface area contributed by atoms with Crippen LogP contribution in [0.1, 0.15) is 18.9 Å². The van der Waals surface area contributed by atoms with Crippen LogP contribution in [-0.2, 0) is 16.1 Å². The van der Waals surface area contributed by atoms with Crippen LogP contribution in [-0.4, -0.2) is 34.4 Å². The van der Waals surface area contributed by atoms with Crippen LogP contribution in [0, 0.1) is 6.92 Å². The third-order valence-corrected chi connectivity index (χ3v) is 5.62. The summed E-state index contributed by atoms with van der Waals surface area (Å²) in [4.78, 5) is 30.3. The minimum Gasteiger partial charge on any atom is -0.385 e. The van der Waals surface area contributed by atoms with Crippen LogP contribution in [0.5, 0.6) is 0 Å². The van der Waals surface area contributed by atoms with Gasteiger partial charge in [0.15, 0.2) is 5.16 Å². The van der Waals surface area contributed by atoms with Gasteiger partial charge in [0.2, 0.25) is 5.91 Å². The monoisotopic (exact) mass is 411 g/mol. The highest BCUT2D eigenvalue weighted by atomic mass is 32.2. The summed E-state index contributed by atoms with van der Waals surface area (Å²) < 4.78 is 6.76. The van der Waals surface area contributed by atoms with Crippen molar-refractivity contribution in [2.24, 2.45) is 0 Å². The minimum absolute atomic E-state index is 0.0969. The fraction of sp³-hybridized carbons (Fsp3) is 0.318. The molecule has 0 aliphatic rings. The Hall–Kier alpha value is -2.64. The number of thioether (sulfide) groups is 1. The van der Waals surface area contributed by atoms with Crippen molar-refractivity contribution in [2.75, 3.05) is 19.0 Å². The zero-order valence-corrected chi connectivity index (χ0v) is 17.7. The van der Waals surface area contributed by atoms with Gasteiger partial charge in [-0.15, -0.1) is 0 Å². The summed E-state index contributed by atoms with van der Waals surface area (Å²) in [7, 11) is 1.63. The fourth-order valence-corrected chi connectivity index (χ4v) is 3.83. The van der Waals surface area contributed by atoms with Gasteiger partial charge < -0.3 is 10.1 Å². The van der Waals surface area contributed by atoms with Crippen LogP contribution in [0.25, 0.3) is 10.9 Å². The molecular weight excluding hydrogens is 386 g/mol. The average Bonchev–Trinajstić information content (AvgIpc) is 2.72. The van der Waals surface area contributed by atoms with Gasteiger partial charge >= 0.3 is 0 Å². The number of hydrogen-bond acceptors (Lipinski definition) is 5. The second-order valence-electron chi connectivity index (χ2n) is 6.83. The van der Waals surface area contributed by atoms with Gasteiger partial charge in [-0.2, -0.15) is 0 Å². The van der Waals surface area contributed by atoms with Crippen LogP contribution in [0.15, 0.2) is 58.5 Å². The molecule has 7 heteroatoms. The Bertz CT molecular complexity index is 1050. The van der Waals surface area contributed by atoms with Gasteiger partial charge in [0.05, 0.1) is 16.2 Å². The number of benzene rings is 2. The Balaban J connectivity index is 1.84. The van der Waals surface area contributed by atoms with E-state index >= 15 is 0 Å². The number of para-hydroxylation sites is 1. The van der Waals surface area contributed by atoms with Crippen molar-refractivity contribution >= 4 is 34.3 Å². The van der Waals surface area contributed by atoms with E-state index < -0.39 is 5.25 Å². The van der Waals surface area contributed by atoms with Crippen molar-refractivity contribution in [1.29, 1.82) is 0 Å². The van der Waals surface area contributed by atoms with Crippen molar-refractivity contribution < 1.29 is 9.53 Å². The fourth-order valence-electron chi connectivity index (χ4n) is 2.89. The van der Waals surface area contributed by atoms with Gasteiger partial charge in [0.1, 0.15) is 0 Å². The first-order valence-corrected chi connectivity index (χ1v) is 10.4. The second kappa shape index (κ2) is 9.71. The molecule has 1 atom stereocenters. The van der Waals surface area contributed by atoms with Crippen molar-refractivity contribution in [2.45, 2.75) is 37.2 Å². The smallest absolute Gasteiger partial charge is 0.262 e. The molecule has 0 unspecified atom stereocenters. The summed E-state index contributed by atoms with van der Waals surface area (Å²) >= 11 is 1.29. The number of nitrogens with zero attached hydrogens (tertiary/aromatic N) is 2. The maximum atomic E-state index is 13.0. The summed E-state index contributed by atoms with van der Waals surface area (Å²) in [6.45, 7) is 4.85. The van der Waals surface area contributed by atoms with Crippen LogP contribution in [0.3, 0.4) is 0 Å². The molecule has 152 valence electrons. The molecule has 0 bridgehead atoms. The van der Waals surface area contributed by atoms with Crippen LogP contribution < -0.4 is 10.9 Å². The molecule has 0 spiro atoms. The van der Waals surface area contributed by atoms with Crippen LogP contribution in [0.2, 0.25) is 0 Å². The minimum atomic E-state index is -0.418. The molecular formula is C22H25N3O3S. The molecule has 1 amide bonds.